The molecule has 0 aliphatic carbocycles. The molecule has 0 aliphatic rings. The van der Waals surface area contributed by atoms with Gasteiger partial charge in [-0.3, -0.25) is 14.9 Å². The number of imidazole rings is 1. The molecule has 174 valence electrons. The monoisotopic (exact) mass is 449 g/mol. The lowest BCUT2D eigenvalue weighted by atomic mass is 9.96. The Morgan fingerprint density at radius 2 is 1.70 bits per heavy atom. The third-order valence-corrected chi connectivity index (χ3v) is 5.79. The van der Waals surface area contributed by atoms with E-state index >= 15 is 0 Å². The van der Waals surface area contributed by atoms with Gasteiger partial charge in [0.15, 0.2) is 0 Å². The van der Waals surface area contributed by atoms with Gasteiger partial charge in [0.1, 0.15) is 12.1 Å². The number of nitrogens with one attached hydrogen (secondary N) is 1. The van der Waals surface area contributed by atoms with Gasteiger partial charge in [0, 0.05) is 24.9 Å². The SMILES string of the molecule is Cc1c(Cn2cncc2C[C@H](N[C@@H](CC(C)C)C(=O)O)C(=O)O)cccc1-c1ccccc1. The number of rotatable bonds is 11. The third kappa shape index (κ3) is 6.29. The summed E-state index contributed by atoms with van der Waals surface area (Å²) in [5, 5.41) is 22.1. The number of benzene rings is 2. The molecule has 0 saturated carbocycles. The number of carbonyl (C=O) groups is 2. The number of nitrogens with zero attached hydrogens (tertiary/aromatic N) is 2. The van der Waals surface area contributed by atoms with E-state index in [-0.39, 0.29) is 12.3 Å². The Labute approximate surface area is 194 Å². The van der Waals surface area contributed by atoms with Gasteiger partial charge in [0.05, 0.1) is 6.33 Å². The summed E-state index contributed by atoms with van der Waals surface area (Å²) in [6.07, 6.45) is 3.82. The second kappa shape index (κ2) is 10.9. The van der Waals surface area contributed by atoms with Crippen LogP contribution in [0.4, 0.5) is 0 Å². The van der Waals surface area contributed by atoms with E-state index in [1.165, 1.54) is 0 Å². The molecule has 0 bridgehead atoms. The zero-order chi connectivity index (χ0) is 24.0. The van der Waals surface area contributed by atoms with Crippen LogP contribution in [0.2, 0.25) is 0 Å². The Hall–Kier alpha value is -3.45. The summed E-state index contributed by atoms with van der Waals surface area (Å²) in [5.74, 6) is -2.00. The van der Waals surface area contributed by atoms with Crippen LogP contribution in [-0.4, -0.2) is 43.8 Å². The minimum atomic E-state index is -1.08. The van der Waals surface area contributed by atoms with Crippen molar-refractivity contribution < 1.29 is 19.8 Å². The van der Waals surface area contributed by atoms with Gasteiger partial charge in [-0.25, -0.2) is 4.98 Å². The van der Waals surface area contributed by atoms with Crippen LogP contribution in [0, 0.1) is 12.8 Å². The molecular formula is C26H31N3O4. The highest BCUT2D eigenvalue weighted by atomic mass is 16.4. The van der Waals surface area contributed by atoms with E-state index in [1.54, 1.807) is 12.5 Å². The van der Waals surface area contributed by atoms with Crippen molar-refractivity contribution in [2.45, 2.75) is 52.2 Å². The number of aromatic nitrogens is 2. The highest BCUT2D eigenvalue weighted by Gasteiger charge is 2.27. The first-order chi connectivity index (χ1) is 15.8. The van der Waals surface area contributed by atoms with Crippen LogP contribution in [0.25, 0.3) is 11.1 Å². The number of aliphatic carboxylic acids is 2. The van der Waals surface area contributed by atoms with Crippen LogP contribution >= 0.6 is 0 Å². The normalized spacial score (nSPS) is 13.1. The molecule has 33 heavy (non-hydrogen) atoms. The molecule has 1 heterocycles. The molecule has 3 aromatic rings. The third-order valence-electron chi connectivity index (χ3n) is 5.79. The molecule has 0 saturated heterocycles. The highest BCUT2D eigenvalue weighted by molar-refractivity contribution is 5.77. The molecule has 2 aromatic carbocycles. The standard InChI is InChI=1S/C26H31N3O4/c1-17(2)12-23(25(30)31)28-24(26(32)33)13-21-14-27-16-29(21)15-20-10-7-11-22(18(20)3)19-8-5-4-6-9-19/h4-11,14,16-17,23-24,28H,12-13,15H2,1-3H3,(H,30,31)(H,32,33)/t23-,24-/m0/s1. The topological polar surface area (TPSA) is 104 Å². The summed E-state index contributed by atoms with van der Waals surface area (Å²) in [6.45, 7) is 6.45. The van der Waals surface area contributed by atoms with Gasteiger partial charge in [0.2, 0.25) is 0 Å². The summed E-state index contributed by atoms with van der Waals surface area (Å²) in [4.78, 5) is 27.8. The summed E-state index contributed by atoms with van der Waals surface area (Å²) >= 11 is 0. The molecule has 0 aliphatic heterocycles. The second-order valence-electron chi connectivity index (χ2n) is 8.75. The lowest BCUT2D eigenvalue weighted by molar-refractivity contribution is -0.142. The summed E-state index contributed by atoms with van der Waals surface area (Å²) < 4.78 is 1.92. The lowest BCUT2D eigenvalue weighted by Crippen LogP contribution is -2.49. The van der Waals surface area contributed by atoms with Crippen LogP contribution < -0.4 is 5.32 Å². The van der Waals surface area contributed by atoms with Gasteiger partial charge < -0.3 is 14.8 Å². The van der Waals surface area contributed by atoms with E-state index in [1.807, 2.05) is 42.7 Å². The van der Waals surface area contributed by atoms with Crippen molar-refractivity contribution in [1.29, 1.82) is 0 Å². The molecular weight excluding hydrogens is 418 g/mol. The van der Waals surface area contributed by atoms with E-state index in [4.69, 9.17) is 0 Å². The minimum absolute atomic E-state index is 0.124. The van der Waals surface area contributed by atoms with Crippen molar-refractivity contribution >= 4 is 11.9 Å². The van der Waals surface area contributed by atoms with Crippen LogP contribution in [-0.2, 0) is 22.6 Å². The van der Waals surface area contributed by atoms with Gasteiger partial charge in [-0.15, -0.1) is 0 Å². The Morgan fingerprint density at radius 3 is 2.33 bits per heavy atom. The number of hydrogen-bond donors (Lipinski definition) is 3. The first-order valence-corrected chi connectivity index (χ1v) is 11.1. The molecule has 0 unspecified atom stereocenters. The van der Waals surface area contributed by atoms with Crippen molar-refractivity contribution in [3.05, 3.63) is 77.9 Å². The molecule has 7 nitrogen and oxygen atoms in total. The van der Waals surface area contributed by atoms with Crippen molar-refractivity contribution in [2.75, 3.05) is 0 Å². The smallest absolute Gasteiger partial charge is 0.321 e. The molecule has 0 amide bonds. The number of carboxylic acids is 2. The minimum Gasteiger partial charge on any atom is -0.480 e. The van der Waals surface area contributed by atoms with Gasteiger partial charge in [-0.1, -0.05) is 62.4 Å². The largest absolute Gasteiger partial charge is 0.480 e. The predicted molar refractivity (Wildman–Crippen MR) is 127 cm³/mol. The van der Waals surface area contributed by atoms with Gasteiger partial charge in [0.25, 0.3) is 0 Å². The van der Waals surface area contributed by atoms with E-state index in [0.29, 0.717) is 13.0 Å². The highest BCUT2D eigenvalue weighted by Crippen LogP contribution is 2.26. The van der Waals surface area contributed by atoms with Gasteiger partial charge in [-0.05, 0) is 41.5 Å². The van der Waals surface area contributed by atoms with Crippen LogP contribution in [0.3, 0.4) is 0 Å². The summed E-state index contributed by atoms with van der Waals surface area (Å²) in [7, 11) is 0. The number of carboxylic acid groups (broad SMARTS) is 2. The average molecular weight is 450 g/mol. The Morgan fingerprint density at radius 1 is 1.00 bits per heavy atom. The molecule has 1 aromatic heterocycles. The van der Waals surface area contributed by atoms with E-state index in [2.05, 4.69) is 41.5 Å². The Kier molecular flexibility index (Phi) is 8.01. The quantitative estimate of drug-likeness (QED) is 0.409. The van der Waals surface area contributed by atoms with Crippen molar-refractivity contribution in [1.82, 2.24) is 14.9 Å². The van der Waals surface area contributed by atoms with Crippen molar-refractivity contribution in [2.24, 2.45) is 5.92 Å². The molecule has 2 atom stereocenters. The van der Waals surface area contributed by atoms with Gasteiger partial charge in [-0.2, -0.15) is 0 Å². The molecule has 3 rings (SSSR count). The van der Waals surface area contributed by atoms with Crippen molar-refractivity contribution in [3.8, 4) is 11.1 Å². The zero-order valence-electron chi connectivity index (χ0n) is 19.2. The maximum Gasteiger partial charge on any atom is 0.321 e. The Balaban J connectivity index is 1.81. The van der Waals surface area contributed by atoms with Crippen LogP contribution in [0.15, 0.2) is 61.1 Å². The predicted octanol–water partition coefficient (Wildman–Crippen LogP) is 3.99. The maximum absolute atomic E-state index is 11.9. The van der Waals surface area contributed by atoms with Crippen molar-refractivity contribution in [3.63, 3.8) is 0 Å². The van der Waals surface area contributed by atoms with Gasteiger partial charge >= 0.3 is 11.9 Å². The van der Waals surface area contributed by atoms with E-state index in [0.717, 1.165) is 27.9 Å². The van der Waals surface area contributed by atoms with E-state index < -0.39 is 24.0 Å². The first kappa shape index (κ1) is 24.2. The maximum atomic E-state index is 11.9. The molecule has 7 heteroatoms. The first-order valence-electron chi connectivity index (χ1n) is 11.1. The molecule has 0 fully saturated rings. The average Bonchev–Trinajstić information content (AvgIpc) is 3.20. The fourth-order valence-corrected chi connectivity index (χ4v) is 4.01. The fourth-order valence-electron chi connectivity index (χ4n) is 4.01. The summed E-state index contributed by atoms with van der Waals surface area (Å²) in [5.41, 5.74) is 5.28. The second-order valence-corrected chi connectivity index (χ2v) is 8.75. The Bertz CT molecular complexity index is 1090. The lowest BCUT2D eigenvalue weighted by Gasteiger charge is -2.22. The van der Waals surface area contributed by atoms with Crippen LogP contribution in [0.5, 0.6) is 0 Å². The molecule has 3 N–H and O–H groups in total. The molecule has 0 spiro atoms. The van der Waals surface area contributed by atoms with Crippen LogP contribution in [0.1, 0.15) is 37.1 Å². The fraction of sp³-hybridized carbons (Fsp3) is 0.346. The number of hydrogen-bond acceptors (Lipinski definition) is 4. The summed E-state index contributed by atoms with van der Waals surface area (Å²) in [6, 6.07) is 14.4. The molecule has 0 radical (unpaired) electrons. The zero-order valence-corrected chi connectivity index (χ0v) is 19.2. The van der Waals surface area contributed by atoms with E-state index in [9.17, 15) is 19.8 Å².